The van der Waals surface area contributed by atoms with Crippen molar-refractivity contribution in [1.82, 2.24) is 0 Å². The molecule has 0 saturated carbocycles. The van der Waals surface area contributed by atoms with Gasteiger partial charge in [0.2, 0.25) is 0 Å². The Kier molecular flexibility index (Phi) is 15.1. The molecule has 0 aromatic heterocycles. The van der Waals surface area contributed by atoms with Crippen molar-refractivity contribution in [3.8, 4) is 0 Å². The molecule has 2 aromatic carbocycles. The molecule has 0 bridgehead atoms. The van der Waals surface area contributed by atoms with Gasteiger partial charge in [-0.1, -0.05) is 157 Å². The Hall–Kier alpha value is -2.09. The highest BCUT2D eigenvalue weighted by Gasteiger charge is 2.18. The third kappa shape index (κ3) is 12.7. The molecule has 0 fully saturated rings. The lowest BCUT2D eigenvalue weighted by molar-refractivity contribution is -0.147. The molecule has 0 heterocycles. The molecule has 0 aliphatic rings. The standard InChI is InChI=1S/C31H46O2/c1-2-3-4-5-6-7-8-9-10-11-12-13-14-15-22-27-30(32)33-31(28-23-18-16-19-24-28)29-25-20-17-21-26-29/h16-21,23-26,31H,2-15,22,27H2,1H3. The Balaban J connectivity index is 1.50. The van der Waals surface area contributed by atoms with Gasteiger partial charge in [-0.15, -0.1) is 0 Å². The first-order valence-corrected chi connectivity index (χ1v) is 13.6. The lowest BCUT2D eigenvalue weighted by Crippen LogP contribution is -2.12. The van der Waals surface area contributed by atoms with Crippen LogP contribution in [0.3, 0.4) is 0 Å². The molecular weight excluding hydrogens is 404 g/mol. The topological polar surface area (TPSA) is 26.3 Å². The molecule has 0 saturated heterocycles. The minimum Gasteiger partial charge on any atom is -0.453 e. The first kappa shape index (κ1) is 27.2. The molecule has 0 N–H and O–H groups in total. The first-order valence-electron chi connectivity index (χ1n) is 13.6. The van der Waals surface area contributed by atoms with Gasteiger partial charge < -0.3 is 4.74 Å². The Morgan fingerprint density at radius 2 is 0.939 bits per heavy atom. The zero-order valence-electron chi connectivity index (χ0n) is 21.0. The third-order valence-corrected chi connectivity index (χ3v) is 6.44. The summed E-state index contributed by atoms with van der Waals surface area (Å²) in [7, 11) is 0. The zero-order chi connectivity index (χ0) is 23.4. The molecule has 2 aromatic rings. The summed E-state index contributed by atoms with van der Waals surface area (Å²) in [4.78, 5) is 12.5. The number of esters is 1. The second kappa shape index (κ2) is 18.3. The summed E-state index contributed by atoms with van der Waals surface area (Å²) in [6.07, 6.45) is 20.1. The largest absolute Gasteiger partial charge is 0.453 e. The predicted octanol–water partition coefficient (Wildman–Crippen LogP) is 9.58. The number of ether oxygens (including phenoxy) is 1. The van der Waals surface area contributed by atoms with Gasteiger partial charge in [0.25, 0.3) is 0 Å². The van der Waals surface area contributed by atoms with E-state index in [-0.39, 0.29) is 12.1 Å². The highest BCUT2D eigenvalue weighted by Crippen LogP contribution is 2.26. The van der Waals surface area contributed by atoms with Crippen molar-refractivity contribution in [1.29, 1.82) is 0 Å². The number of unbranched alkanes of at least 4 members (excludes halogenated alkanes) is 14. The van der Waals surface area contributed by atoms with Gasteiger partial charge in [-0.3, -0.25) is 4.79 Å². The summed E-state index contributed by atoms with van der Waals surface area (Å²) in [6.45, 7) is 2.28. The maximum atomic E-state index is 12.5. The molecule has 0 atom stereocenters. The van der Waals surface area contributed by atoms with Crippen LogP contribution in [0.15, 0.2) is 60.7 Å². The Bertz CT molecular complexity index is 671. The number of benzene rings is 2. The summed E-state index contributed by atoms with van der Waals surface area (Å²) in [5.74, 6) is -0.0950. The SMILES string of the molecule is CCCCCCCCCCCCCCCCCC(=O)OC(c1ccccc1)c1ccccc1. The van der Waals surface area contributed by atoms with Crippen LogP contribution in [0.25, 0.3) is 0 Å². The fourth-order valence-corrected chi connectivity index (χ4v) is 4.42. The molecule has 0 aliphatic carbocycles. The smallest absolute Gasteiger partial charge is 0.306 e. The quantitative estimate of drug-likeness (QED) is 0.157. The van der Waals surface area contributed by atoms with Crippen LogP contribution in [0.2, 0.25) is 0 Å². The van der Waals surface area contributed by atoms with Gasteiger partial charge in [-0.2, -0.15) is 0 Å². The van der Waals surface area contributed by atoms with Gasteiger partial charge in [0.1, 0.15) is 0 Å². The van der Waals surface area contributed by atoms with Gasteiger partial charge in [0, 0.05) is 6.42 Å². The lowest BCUT2D eigenvalue weighted by atomic mass is 10.0. The molecule has 33 heavy (non-hydrogen) atoms. The van der Waals surface area contributed by atoms with Crippen LogP contribution in [-0.2, 0) is 9.53 Å². The number of carbonyl (C=O) groups excluding carboxylic acids is 1. The van der Waals surface area contributed by atoms with Crippen molar-refractivity contribution in [3.63, 3.8) is 0 Å². The molecule has 2 nitrogen and oxygen atoms in total. The van der Waals surface area contributed by atoms with E-state index in [4.69, 9.17) is 4.74 Å². The monoisotopic (exact) mass is 450 g/mol. The van der Waals surface area contributed by atoms with E-state index in [1.165, 1.54) is 83.5 Å². The highest BCUT2D eigenvalue weighted by molar-refractivity contribution is 5.70. The normalized spacial score (nSPS) is 11.1. The number of hydrogen-bond acceptors (Lipinski definition) is 2. The van der Waals surface area contributed by atoms with Crippen LogP contribution in [0.4, 0.5) is 0 Å². The van der Waals surface area contributed by atoms with E-state index >= 15 is 0 Å². The maximum absolute atomic E-state index is 12.5. The van der Waals surface area contributed by atoms with E-state index in [0.29, 0.717) is 6.42 Å². The summed E-state index contributed by atoms with van der Waals surface area (Å²) in [5.41, 5.74) is 2.04. The molecule has 0 radical (unpaired) electrons. The second-order valence-corrected chi connectivity index (χ2v) is 9.39. The minimum absolute atomic E-state index is 0.0950. The van der Waals surface area contributed by atoms with Crippen LogP contribution in [-0.4, -0.2) is 5.97 Å². The van der Waals surface area contributed by atoms with E-state index in [1.54, 1.807) is 0 Å². The van der Waals surface area contributed by atoms with Crippen molar-refractivity contribution in [2.45, 2.75) is 116 Å². The van der Waals surface area contributed by atoms with Gasteiger partial charge in [0.05, 0.1) is 0 Å². The van der Waals surface area contributed by atoms with Crippen molar-refractivity contribution in [2.75, 3.05) is 0 Å². The average Bonchev–Trinajstić information content (AvgIpc) is 2.86. The molecule has 0 spiro atoms. The average molecular weight is 451 g/mol. The second-order valence-electron chi connectivity index (χ2n) is 9.39. The maximum Gasteiger partial charge on any atom is 0.306 e. The summed E-state index contributed by atoms with van der Waals surface area (Å²) in [6, 6.07) is 20.1. The van der Waals surface area contributed by atoms with E-state index in [1.807, 2.05) is 60.7 Å². The van der Waals surface area contributed by atoms with Gasteiger partial charge in [-0.05, 0) is 17.5 Å². The van der Waals surface area contributed by atoms with Crippen molar-refractivity contribution in [3.05, 3.63) is 71.8 Å². The number of carbonyl (C=O) groups is 1. The Morgan fingerprint density at radius 3 is 1.33 bits per heavy atom. The molecule has 2 heteroatoms. The predicted molar refractivity (Wildman–Crippen MR) is 140 cm³/mol. The molecule has 0 unspecified atom stereocenters. The summed E-state index contributed by atoms with van der Waals surface area (Å²) in [5, 5.41) is 0. The highest BCUT2D eigenvalue weighted by atomic mass is 16.5. The van der Waals surface area contributed by atoms with Gasteiger partial charge in [0.15, 0.2) is 6.10 Å². The van der Waals surface area contributed by atoms with Crippen LogP contribution in [0.5, 0.6) is 0 Å². The third-order valence-electron chi connectivity index (χ3n) is 6.44. The van der Waals surface area contributed by atoms with Crippen molar-refractivity contribution >= 4 is 5.97 Å². The molecular formula is C31H46O2. The van der Waals surface area contributed by atoms with Crippen LogP contribution < -0.4 is 0 Å². The molecule has 2 rings (SSSR count). The number of hydrogen-bond donors (Lipinski definition) is 0. The van der Waals surface area contributed by atoms with E-state index in [9.17, 15) is 4.79 Å². The van der Waals surface area contributed by atoms with Crippen LogP contribution >= 0.6 is 0 Å². The van der Waals surface area contributed by atoms with Crippen LogP contribution in [0, 0.1) is 0 Å². The first-order chi connectivity index (χ1) is 16.3. The Labute approximate surface area is 203 Å². The van der Waals surface area contributed by atoms with Gasteiger partial charge in [-0.25, -0.2) is 0 Å². The van der Waals surface area contributed by atoms with E-state index < -0.39 is 0 Å². The summed E-state index contributed by atoms with van der Waals surface area (Å²) < 4.78 is 5.90. The summed E-state index contributed by atoms with van der Waals surface area (Å²) >= 11 is 0. The molecule has 182 valence electrons. The van der Waals surface area contributed by atoms with Crippen LogP contribution in [0.1, 0.15) is 127 Å². The van der Waals surface area contributed by atoms with Gasteiger partial charge >= 0.3 is 5.97 Å². The van der Waals surface area contributed by atoms with E-state index in [2.05, 4.69) is 6.92 Å². The minimum atomic E-state index is -0.323. The lowest BCUT2D eigenvalue weighted by Gasteiger charge is -2.19. The molecule has 0 aliphatic heterocycles. The Morgan fingerprint density at radius 1 is 0.576 bits per heavy atom. The van der Waals surface area contributed by atoms with Crippen molar-refractivity contribution in [2.24, 2.45) is 0 Å². The molecule has 0 amide bonds. The fraction of sp³-hybridized carbons (Fsp3) is 0.581. The van der Waals surface area contributed by atoms with E-state index in [0.717, 1.165) is 24.0 Å². The number of rotatable bonds is 19. The zero-order valence-corrected chi connectivity index (χ0v) is 21.0. The van der Waals surface area contributed by atoms with Crippen molar-refractivity contribution < 1.29 is 9.53 Å². The fourth-order valence-electron chi connectivity index (χ4n) is 4.42.